The third-order valence-corrected chi connectivity index (χ3v) is 7.45. The molecule has 5 heavy (non-hydrogen) atoms. The standard InChI is InChI=1S/CH2AsO2.In.2H/c2-1(3)4;;;/h2H,(H,3,4);;;/q-1;+1;;. The van der Waals surface area contributed by atoms with Gasteiger partial charge in [0.1, 0.15) is 0 Å². The summed E-state index contributed by atoms with van der Waals surface area (Å²) in [5, 5.41) is 7.83. The van der Waals surface area contributed by atoms with Crippen LogP contribution < -0.4 is 0 Å². The molecular weight excluding hydrogens is 234 g/mol. The predicted octanol–water partition coefficient (Wildman–Crippen LogP) is -1.35. The fourth-order valence-corrected chi connectivity index (χ4v) is 0. The average Bonchev–Trinajstić information content (AvgIpc) is 1.38. The van der Waals surface area contributed by atoms with Gasteiger partial charge >= 0.3 is 48.5 Å². The molecule has 0 radical (unpaired) electrons. The fourth-order valence-electron chi connectivity index (χ4n) is 0. The van der Waals surface area contributed by atoms with E-state index in [1.807, 2.05) is 0 Å². The van der Waals surface area contributed by atoms with E-state index in [1.54, 1.807) is 0 Å². The van der Waals surface area contributed by atoms with Crippen LogP contribution in [0.3, 0.4) is 0 Å². The summed E-state index contributed by atoms with van der Waals surface area (Å²) in [5.74, 6) is 0. The first-order chi connectivity index (χ1) is 2.27. The first-order valence-corrected chi connectivity index (χ1v) is 19.2. The molecule has 0 saturated heterocycles. The Balaban J connectivity index is 2.85. The molecule has 0 bridgehead atoms. The fraction of sp³-hybridized carbons (Fsp3) is 0. The summed E-state index contributed by atoms with van der Waals surface area (Å²) in [5.41, 5.74) is 0. The minimum atomic E-state index is -0.527. The topological polar surface area (TPSA) is 37.3 Å². The Morgan fingerprint density at radius 2 is 2.20 bits per heavy atom. The molecule has 0 fully saturated rings. The van der Waals surface area contributed by atoms with Crippen molar-refractivity contribution in [3.8, 4) is 0 Å². The van der Waals surface area contributed by atoms with E-state index in [9.17, 15) is 4.79 Å². The summed E-state index contributed by atoms with van der Waals surface area (Å²) in [6, 6.07) is 0. The van der Waals surface area contributed by atoms with Gasteiger partial charge in [-0.25, -0.2) is 0 Å². The van der Waals surface area contributed by atoms with Gasteiger partial charge in [0, 0.05) is 0 Å². The molecule has 2 nitrogen and oxygen atoms in total. The molecule has 4 heteroatoms. The normalized spacial score (nSPS) is 9.60. The Labute approximate surface area is 48.3 Å². The van der Waals surface area contributed by atoms with E-state index in [2.05, 4.69) is 0 Å². The van der Waals surface area contributed by atoms with Gasteiger partial charge < -0.3 is 0 Å². The first-order valence-electron chi connectivity index (χ1n) is 1.18. The summed E-state index contributed by atoms with van der Waals surface area (Å²) in [7, 11) is 0. The second kappa shape index (κ2) is 3.10. The zero-order valence-electron chi connectivity index (χ0n) is 2.86. The van der Waals surface area contributed by atoms with Crippen LogP contribution in [0.4, 0.5) is 4.79 Å². The van der Waals surface area contributed by atoms with Crippen molar-refractivity contribution in [2.45, 2.75) is 0 Å². The minimum absolute atomic E-state index is 0.429. The summed E-state index contributed by atoms with van der Waals surface area (Å²) >= 11 is 0.0473. The molecule has 0 aromatic carbocycles. The van der Waals surface area contributed by atoms with Crippen LogP contribution in [0.5, 0.6) is 0 Å². The maximum absolute atomic E-state index is 9.48. The number of carboxylic acid groups (broad SMARTS) is 1. The van der Waals surface area contributed by atoms with Gasteiger partial charge in [0.05, 0.1) is 0 Å². The molecule has 0 aliphatic rings. The number of hydrogen-bond acceptors (Lipinski definition) is 1. The summed E-state index contributed by atoms with van der Waals surface area (Å²) in [6.45, 7) is 0. The molecule has 0 aliphatic carbocycles. The van der Waals surface area contributed by atoms with Gasteiger partial charge in [-0.2, -0.15) is 0 Å². The van der Waals surface area contributed by atoms with Crippen LogP contribution >= 0.6 is 0 Å². The molecule has 0 aromatic heterocycles. The third-order valence-electron chi connectivity index (χ3n) is 0.214. The van der Waals surface area contributed by atoms with E-state index in [0.29, 0.717) is 21.8 Å². The van der Waals surface area contributed by atoms with Crippen LogP contribution in [-0.4, -0.2) is 43.7 Å². The van der Waals surface area contributed by atoms with Crippen molar-refractivity contribution < 1.29 is 9.90 Å². The van der Waals surface area contributed by atoms with Crippen LogP contribution in [0.25, 0.3) is 0 Å². The van der Waals surface area contributed by atoms with Crippen LogP contribution in [0.15, 0.2) is 0 Å². The van der Waals surface area contributed by atoms with Gasteiger partial charge in [0.2, 0.25) is 0 Å². The van der Waals surface area contributed by atoms with Crippen molar-refractivity contribution in [3.05, 3.63) is 0 Å². The van der Waals surface area contributed by atoms with Crippen molar-refractivity contribution in [2.75, 3.05) is 0 Å². The Kier molecular flexibility index (Phi) is 3.66. The van der Waals surface area contributed by atoms with E-state index >= 15 is 0 Å². The third kappa shape index (κ3) is 4.90. The number of rotatable bonds is 1. The Bertz CT molecular complexity index is 44.9. The monoisotopic (exact) mass is 238 g/mol. The molecule has 0 spiro atoms. The number of carbonyl (C=O) groups is 1. The Morgan fingerprint density at radius 1 is 2.00 bits per heavy atom. The SMILES string of the molecule is O=C(O)[AsH][InH2]. The van der Waals surface area contributed by atoms with E-state index in [0.717, 1.165) is 0 Å². The zero-order chi connectivity index (χ0) is 4.28. The van der Waals surface area contributed by atoms with Gasteiger partial charge in [-0.1, -0.05) is 0 Å². The average molecular weight is 238 g/mol. The van der Waals surface area contributed by atoms with E-state index < -0.39 is 16.8 Å². The number of hydrogen-bond donors (Lipinski definition) is 1. The summed E-state index contributed by atoms with van der Waals surface area (Å²) in [6.07, 6.45) is 0. The Hall–Kier alpha value is 0.899. The molecular formula is CH4AsInO2. The second-order valence-electron chi connectivity index (χ2n) is 0.555. The van der Waals surface area contributed by atoms with Crippen molar-refractivity contribution >= 4 is 38.6 Å². The molecule has 0 saturated carbocycles. The first kappa shape index (κ1) is 5.90. The molecule has 0 amide bonds. The van der Waals surface area contributed by atoms with E-state index in [-0.39, 0.29) is 0 Å². The van der Waals surface area contributed by atoms with Gasteiger partial charge in [-0.15, -0.1) is 0 Å². The van der Waals surface area contributed by atoms with Crippen LogP contribution in [0.2, 0.25) is 0 Å². The molecule has 1 atom stereocenters. The molecule has 0 rings (SSSR count). The van der Waals surface area contributed by atoms with Crippen molar-refractivity contribution in [3.63, 3.8) is 0 Å². The van der Waals surface area contributed by atoms with E-state index in [4.69, 9.17) is 5.11 Å². The molecule has 1 unspecified atom stereocenters. The zero-order valence-corrected chi connectivity index (χ0v) is 10.7. The van der Waals surface area contributed by atoms with Crippen LogP contribution in [0.1, 0.15) is 0 Å². The van der Waals surface area contributed by atoms with E-state index in [1.165, 1.54) is 0 Å². The van der Waals surface area contributed by atoms with Crippen molar-refractivity contribution in [1.29, 1.82) is 0 Å². The van der Waals surface area contributed by atoms with Crippen LogP contribution in [-0.2, 0) is 0 Å². The Morgan fingerprint density at radius 3 is 2.20 bits per heavy atom. The quantitative estimate of drug-likeness (QED) is 0.573. The predicted molar refractivity (Wildman–Crippen MR) is 23.7 cm³/mol. The van der Waals surface area contributed by atoms with Gasteiger partial charge in [0.15, 0.2) is 0 Å². The van der Waals surface area contributed by atoms with Gasteiger partial charge in [-0.05, 0) is 0 Å². The van der Waals surface area contributed by atoms with Crippen molar-refractivity contribution in [2.24, 2.45) is 0 Å². The molecule has 0 aliphatic heterocycles. The van der Waals surface area contributed by atoms with Gasteiger partial charge in [0.25, 0.3) is 0 Å². The van der Waals surface area contributed by atoms with Crippen molar-refractivity contribution in [1.82, 2.24) is 0 Å². The molecule has 0 heterocycles. The second-order valence-corrected chi connectivity index (χ2v) is 9.92. The molecule has 28 valence electrons. The van der Waals surface area contributed by atoms with Gasteiger partial charge in [-0.3, -0.25) is 0 Å². The summed E-state index contributed by atoms with van der Waals surface area (Å²) < 4.78 is -0.527. The maximum atomic E-state index is 9.48. The molecule has 1 N–H and O–H groups in total. The summed E-state index contributed by atoms with van der Waals surface area (Å²) in [4.78, 5) is 9.48. The molecule has 0 aromatic rings. The van der Waals surface area contributed by atoms with Crippen LogP contribution in [0, 0.1) is 0 Å².